The number of aliphatic carboxylic acids is 1. The van der Waals surface area contributed by atoms with E-state index in [1.807, 2.05) is 0 Å². The van der Waals surface area contributed by atoms with Crippen LogP contribution in [-0.4, -0.2) is 40.7 Å². The minimum absolute atomic E-state index is 0.143. The number of hydrogen-bond acceptors (Lipinski definition) is 4. The van der Waals surface area contributed by atoms with Crippen LogP contribution in [0.3, 0.4) is 0 Å². The maximum atomic E-state index is 10.5. The average molecular weight is 240 g/mol. The van der Waals surface area contributed by atoms with Crippen molar-refractivity contribution in [2.24, 2.45) is 5.92 Å². The van der Waals surface area contributed by atoms with Gasteiger partial charge in [-0.25, -0.2) is 0 Å². The molecule has 2 heterocycles. The van der Waals surface area contributed by atoms with Crippen molar-refractivity contribution in [3.05, 3.63) is 12.4 Å². The monoisotopic (exact) mass is 240 g/mol. The zero-order valence-electron chi connectivity index (χ0n) is 9.54. The number of carboxylic acid groups (broad SMARTS) is 1. The fraction of sp³-hybridized carbons (Fsp3) is 0.636. The first kappa shape index (κ1) is 11.9. The molecule has 0 radical (unpaired) electrons. The van der Waals surface area contributed by atoms with E-state index in [1.165, 1.54) is 10.9 Å². The lowest BCUT2D eigenvalue weighted by molar-refractivity contribution is -0.137. The van der Waals surface area contributed by atoms with Crippen molar-refractivity contribution < 1.29 is 19.4 Å². The number of carboxylic acids is 1. The molecular formula is C11H16N2O4. The fourth-order valence-electron chi connectivity index (χ4n) is 1.80. The van der Waals surface area contributed by atoms with Gasteiger partial charge in [-0.2, -0.15) is 5.10 Å². The van der Waals surface area contributed by atoms with Gasteiger partial charge in [-0.15, -0.1) is 0 Å². The molecule has 0 aliphatic carbocycles. The number of hydrogen-bond donors (Lipinski definition) is 1. The van der Waals surface area contributed by atoms with Crippen molar-refractivity contribution in [3.63, 3.8) is 0 Å². The smallest absolute Gasteiger partial charge is 0.325 e. The highest BCUT2D eigenvalue weighted by Crippen LogP contribution is 2.16. The van der Waals surface area contributed by atoms with Crippen molar-refractivity contribution in [1.82, 2.24) is 9.78 Å². The molecule has 0 aromatic carbocycles. The quantitative estimate of drug-likeness (QED) is 0.823. The lowest BCUT2D eigenvalue weighted by Gasteiger charge is -2.21. The first-order valence-corrected chi connectivity index (χ1v) is 5.69. The van der Waals surface area contributed by atoms with Crippen LogP contribution in [0.2, 0.25) is 0 Å². The van der Waals surface area contributed by atoms with Gasteiger partial charge >= 0.3 is 5.97 Å². The van der Waals surface area contributed by atoms with Crippen LogP contribution in [0.4, 0.5) is 0 Å². The van der Waals surface area contributed by atoms with E-state index < -0.39 is 5.97 Å². The highest BCUT2D eigenvalue weighted by molar-refractivity contribution is 5.66. The van der Waals surface area contributed by atoms with Gasteiger partial charge in [-0.3, -0.25) is 9.48 Å². The second-order valence-electron chi connectivity index (χ2n) is 4.16. The third kappa shape index (κ3) is 3.74. The van der Waals surface area contributed by atoms with E-state index in [0.717, 1.165) is 26.1 Å². The van der Waals surface area contributed by atoms with Crippen LogP contribution < -0.4 is 4.74 Å². The van der Waals surface area contributed by atoms with Crippen LogP contribution in [0.5, 0.6) is 5.75 Å². The van der Waals surface area contributed by atoms with E-state index in [1.54, 1.807) is 6.20 Å². The summed E-state index contributed by atoms with van der Waals surface area (Å²) in [6, 6.07) is 0. The molecule has 1 saturated heterocycles. The van der Waals surface area contributed by atoms with Crippen LogP contribution in [0.15, 0.2) is 12.4 Å². The Balaban J connectivity index is 1.78. The summed E-state index contributed by atoms with van der Waals surface area (Å²) in [6.07, 6.45) is 5.32. The van der Waals surface area contributed by atoms with Crippen LogP contribution in [0, 0.1) is 5.92 Å². The Labute approximate surface area is 99.1 Å². The molecule has 6 heteroatoms. The number of nitrogens with zero attached hydrogens (tertiary/aromatic N) is 2. The third-order valence-corrected chi connectivity index (χ3v) is 2.65. The van der Waals surface area contributed by atoms with Crippen molar-refractivity contribution in [2.75, 3.05) is 19.8 Å². The molecule has 6 nitrogen and oxygen atoms in total. The van der Waals surface area contributed by atoms with Crippen LogP contribution >= 0.6 is 0 Å². The summed E-state index contributed by atoms with van der Waals surface area (Å²) in [5.74, 6) is 0.115. The van der Waals surface area contributed by atoms with Gasteiger partial charge in [0.2, 0.25) is 0 Å². The molecule has 0 saturated carbocycles. The molecule has 2 rings (SSSR count). The Morgan fingerprint density at radius 3 is 3.29 bits per heavy atom. The molecule has 1 fully saturated rings. The van der Waals surface area contributed by atoms with E-state index in [2.05, 4.69) is 5.10 Å². The van der Waals surface area contributed by atoms with Gasteiger partial charge in [0.05, 0.1) is 25.6 Å². The minimum Gasteiger partial charge on any atom is -0.490 e. The van der Waals surface area contributed by atoms with E-state index in [-0.39, 0.29) is 6.54 Å². The summed E-state index contributed by atoms with van der Waals surface area (Å²) in [4.78, 5) is 10.5. The summed E-state index contributed by atoms with van der Waals surface area (Å²) >= 11 is 0. The van der Waals surface area contributed by atoms with E-state index >= 15 is 0 Å². The van der Waals surface area contributed by atoms with E-state index in [9.17, 15) is 4.79 Å². The molecule has 0 amide bonds. The molecule has 1 aliphatic heterocycles. The summed E-state index contributed by atoms with van der Waals surface area (Å²) in [5.41, 5.74) is 0. The van der Waals surface area contributed by atoms with E-state index in [4.69, 9.17) is 14.6 Å². The molecule has 0 spiro atoms. The molecule has 1 N–H and O–H groups in total. The molecular weight excluding hydrogens is 224 g/mol. The molecule has 1 unspecified atom stereocenters. The Morgan fingerprint density at radius 2 is 2.59 bits per heavy atom. The van der Waals surface area contributed by atoms with Gasteiger partial charge in [0.15, 0.2) is 5.75 Å². The van der Waals surface area contributed by atoms with Crippen LogP contribution in [0.1, 0.15) is 12.8 Å². The fourth-order valence-corrected chi connectivity index (χ4v) is 1.80. The Hall–Kier alpha value is -1.56. The standard InChI is InChI=1S/C11H16N2O4/c14-11(15)6-13-5-10(4-12-13)17-8-9-2-1-3-16-7-9/h4-5,9H,1-3,6-8H2,(H,14,15). The maximum absolute atomic E-state index is 10.5. The van der Waals surface area contributed by atoms with Crippen molar-refractivity contribution in [3.8, 4) is 5.75 Å². The number of rotatable bonds is 5. The first-order chi connectivity index (χ1) is 8.24. The van der Waals surface area contributed by atoms with E-state index in [0.29, 0.717) is 18.3 Å². The lowest BCUT2D eigenvalue weighted by Crippen LogP contribution is -2.23. The number of aromatic nitrogens is 2. The highest BCUT2D eigenvalue weighted by atomic mass is 16.5. The highest BCUT2D eigenvalue weighted by Gasteiger charge is 2.14. The van der Waals surface area contributed by atoms with Gasteiger partial charge in [0.1, 0.15) is 6.54 Å². The molecule has 94 valence electrons. The Bertz CT molecular complexity index is 371. The van der Waals surface area contributed by atoms with Gasteiger partial charge in [0.25, 0.3) is 0 Å². The number of ether oxygens (including phenoxy) is 2. The average Bonchev–Trinajstić information content (AvgIpc) is 2.75. The third-order valence-electron chi connectivity index (χ3n) is 2.65. The molecule has 1 atom stereocenters. The van der Waals surface area contributed by atoms with Crippen LogP contribution in [0.25, 0.3) is 0 Å². The normalized spacial score (nSPS) is 20.1. The number of carbonyl (C=O) groups is 1. The Morgan fingerprint density at radius 1 is 1.71 bits per heavy atom. The van der Waals surface area contributed by atoms with Crippen molar-refractivity contribution in [1.29, 1.82) is 0 Å². The Kier molecular flexibility index (Phi) is 3.98. The minimum atomic E-state index is -0.916. The summed E-state index contributed by atoms with van der Waals surface area (Å²) in [6.45, 7) is 2.03. The summed E-state index contributed by atoms with van der Waals surface area (Å²) < 4.78 is 12.2. The van der Waals surface area contributed by atoms with Gasteiger partial charge in [0, 0.05) is 12.5 Å². The van der Waals surface area contributed by atoms with Gasteiger partial charge < -0.3 is 14.6 Å². The van der Waals surface area contributed by atoms with Gasteiger partial charge in [-0.1, -0.05) is 0 Å². The molecule has 1 aromatic rings. The lowest BCUT2D eigenvalue weighted by atomic mass is 10.0. The summed E-state index contributed by atoms with van der Waals surface area (Å²) in [7, 11) is 0. The second kappa shape index (κ2) is 5.67. The van der Waals surface area contributed by atoms with Crippen LogP contribution in [-0.2, 0) is 16.1 Å². The predicted molar refractivity (Wildman–Crippen MR) is 58.9 cm³/mol. The topological polar surface area (TPSA) is 73.6 Å². The van der Waals surface area contributed by atoms with Crippen molar-refractivity contribution >= 4 is 5.97 Å². The van der Waals surface area contributed by atoms with Crippen molar-refractivity contribution in [2.45, 2.75) is 19.4 Å². The zero-order chi connectivity index (χ0) is 12.1. The second-order valence-corrected chi connectivity index (χ2v) is 4.16. The van der Waals surface area contributed by atoms with Gasteiger partial charge in [-0.05, 0) is 12.8 Å². The summed E-state index contributed by atoms with van der Waals surface area (Å²) in [5, 5.41) is 12.5. The molecule has 17 heavy (non-hydrogen) atoms. The zero-order valence-corrected chi connectivity index (χ0v) is 9.54. The molecule has 0 bridgehead atoms. The predicted octanol–water partition coefficient (Wildman–Crippen LogP) is 0.773. The maximum Gasteiger partial charge on any atom is 0.325 e. The first-order valence-electron chi connectivity index (χ1n) is 5.69. The SMILES string of the molecule is O=C(O)Cn1cc(OCC2CCCOC2)cn1. The largest absolute Gasteiger partial charge is 0.490 e. The molecule has 1 aromatic heterocycles. The molecule has 1 aliphatic rings.